The average Bonchev–Trinajstić information content (AvgIpc) is 0.975. The second-order valence-electron chi connectivity index (χ2n) is 22.5. The molecule has 9 aromatic heterocycles. The van der Waals surface area contributed by atoms with Crippen molar-refractivity contribution in [1.29, 1.82) is 0 Å². The molecule has 36 heteroatoms. The summed E-state index contributed by atoms with van der Waals surface area (Å²) < 4.78 is 11.5. The molecule has 0 atom stereocenters. The van der Waals surface area contributed by atoms with E-state index in [9.17, 15) is 0 Å². The van der Waals surface area contributed by atoms with Crippen molar-refractivity contribution < 1.29 is 0 Å². The van der Waals surface area contributed by atoms with Crippen molar-refractivity contribution in [1.82, 2.24) is 118 Å². The van der Waals surface area contributed by atoms with Gasteiger partial charge in [0.15, 0.2) is 11.9 Å². The number of rotatable bonds is 17. The van der Waals surface area contributed by atoms with Gasteiger partial charge < -0.3 is 81.7 Å². The fraction of sp³-hybridized carbons (Fsp3) is 0.521. The van der Waals surface area contributed by atoms with Crippen LogP contribution in [0.4, 0.5) is 41.0 Å². The maximum atomic E-state index is 5.57. The third kappa shape index (κ3) is 44.7. The van der Waals surface area contributed by atoms with Gasteiger partial charge in [0.2, 0.25) is 17.8 Å². The normalized spacial score (nSPS) is 11.5. The molecular formula is C73H132N36. The average molecular weight is 1510 g/mol. The van der Waals surface area contributed by atoms with Crippen molar-refractivity contribution in [2.45, 2.75) is 150 Å². The minimum atomic E-state index is 0. The molecule has 12 heterocycles. The number of nitrogen functional groups attached to an aromatic ring is 3. The highest BCUT2D eigenvalue weighted by Crippen LogP contribution is 2.10. The van der Waals surface area contributed by atoms with Crippen LogP contribution in [0.2, 0.25) is 0 Å². The largest absolute Gasteiger partial charge is 0.384 e. The van der Waals surface area contributed by atoms with Gasteiger partial charge in [-0.25, -0.2) is 24.9 Å². The van der Waals surface area contributed by atoms with Gasteiger partial charge in [0.25, 0.3) is 0 Å². The van der Waals surface area contributed by atoms with Gasteiger partial charge in [0.05, 0.1) is 57.2 Å². The van der Waals surface area contributed by atoms with Crippen molar-refractivity contribution in [2.75, 3.05) is 144 Å². The molecule has 11 N–H and O–H groups in total. The van der Waals surface area contributed by atoms with Crippen LogP contribution in [0.1, 0.15) is 104 Å². The number of guanidine groups is 2. The summed E-state index contributed by atoms with van der Waals surface area (Å²) in [7, 11) is 7.85. The van der Waals surface area contributed by atoms with Crippen molar-refractivity contribution in [3.05, 3.63) is 154 Å². The molecule has 0 saturated carbocycles. The van der Waals surface area contributed by atoms with Gasteiger partial charge in [0.1, 0.15) is 30.1 Å². The molecular weight excluding hydrogens is 1380 g/mol. The Labute approximate surface area is 648 Å². The molecule has 604 valence electrons. The Hall–Kier alpha value is -11.8. The number of nitrogens with two attached hydrogens (primary N) is 5. The highest BCUT2D eigenvalue weighted by atomic mass is 15.5. The van der Waals surface area contributed by atoms with Crippen molar-refractivity contribution in [2.24, 2.45) is 26.4 Å². The van der Waals surface area contributed by atoms with E-state index >= 15 is 0 Å². The van der Waals surface area contributed by atoms with Gasteiger partial charge in [-0.05, 0) is 127 Å². The van der Waals surface area contributed by atoms with E-state index in [-0.39, 0.29) is 7.43 Å². The summed E-state index contributed by atoms with van der Waals surface area (Å²) in [5, 5.41) is 29.1. The summed E-state index contributed by atoms with van der Waals surface area (Å²) in [5.41, 5.74) is 28.5. The molecule has 3 aliphatic rings. The third-order valence-electron chi connectivity index (χ3n) is 15.2. The molecule has 109 heavy (non-hydrogen) atoms. The SMILES string of the molecule is C.CCN(C)c1ccccc1.CCN(C)c1ccnc(N)n1.CCN(C)c1nccc(N)n1.CCN1C=NCC1.CCN1CCCN=C1N.CCN1CCN=C1N.CCn1ccc(N)n1.CCn1ccnc1.CCn1ccnc1.CCn1ccnc1NC.CCn1ccnn1.CCn1cnnc1.CCn1nccn1. The highest BCUT2D eigenvalue weighted by molar-refractivity contribution is 5.79. The summed E-state index contributed by atoms with van der Waals surface area (Å²) in [6.07, 6.45) is 33.3. The summed E-state index contributed by atoms with van der Waals surface area (Å²) in [5.74, 6) is 5.30. The van der Waals surface area contributed by atoms with E-state index < -0.39 is 0 Å². The lowest BCUT2D eigenvalue weighted by molar-refractivity contribution is 0.408. The lowest BCUT2D eigenvalue weighted by Crippen LogP contribution is -2.40. The summed E-state index contributed by atoms with van der Waals surface area (Å²) >= 11 is 0. The predicted octanol–water partition coefficient (Wildman–Crippen LogP) is 7.95. The Balaban J connectivity index is 0.00000116. The molecule has 10 aromatic rings. The molecule has 36 nitrogen and oxygen atoms in total. The highest BCUT2D eigenvalue weighted by Gasteiger charge is 2.10. The zero-order valence-electron chi connectivity index (χ0n) is 67.5. The lowest BCUT2D eigenvalue weighted by atomic mass is 10.3. The monoisotopic (exact) mass is 1510 g/mol. The first-order chi connectivity index (χ1) is 52.3. The van der Waals surface area contributed by atoms with Crippen LogP contribution in [0.25, 0.3) is 0 Å². The van der Waals surface area contributed by atoms with Crippen LogP contribution in [-0.2, 0) is 45.8 Å². The number of nitrogens with one attached hydrogen (secondary N) is 1. The standard InChI is InChI=1S/C9H13N.2C7H12N4.C6H11N3.C6H13N3.C5H11N3.C5H9N3.C5H10N2.2C5H8N2.3C4H7N3.CH4/c1-3-10(2)9-7-5-4-6-8-9;1-3-11(2)6-4-5-9-7(8)10-6;1-3-11(2)7-9-5-4-6(8)10-7;1-3-9-5-4-8-6(9)7-2;1-2-9-5-3-4-8-6(9)7;1-2-8-4-3-7-5(8)6;1-2-8-4-3-5(6)7-8;3*1-2-7-4-3-6-5-7;1-2-7-3-5-6-4-7;1-2-7-4-3-5-6-7;1-2-7-5-3-4-6-7;/h4-8H,3H2,1-2H3;2*4-5H,3H2,1-2H3,(H2,8,9,10);4-5H,3H2,1-2H3,(H,7,8);2-5H2,1H3,(H2,7,8);2-4H2,1H3,(H2,6,7);3-4H,2H2,1H3,(H2,6,7);5H,2-4H2,1H3;2*3-5H,2H2,1H3;3*3-4H,2H2,1H3;1H4. The lowest BCUT2D eigenvalue weighted by Gasteiger charge is -2.24. The van der Waals surface area contributed by atoms with Crippen LogP contribution in [0.5, 0.6) is 0 Å². The topological polar surface area (TPSA) is 414 Å². The Bertz CT molecular complexity index is 3410. The van der Waals surface area contributed by atoms with Crippen molar-refractivity contribution in [3.63, 3.8) is 0 Å². The number of likely N-dealkylation sites (N-methyl/N-ethyl adjacent to an activating group) is 2. The predicted molar refractivity (Wildman–Crippen MR) is 448 cm³/mol. The molecule has 0 spiro atoms. The summed E-state index contributed by atoms with van der Waals surface area (Å²) in [6.45, 7) is 45.4. The Kier molecular flexibility index (Phi) is 55.7. The second-order valence-corrected chi connectivity index (χ2v) is 22.5. The second kappa shape index (κ2) is 62.4. The van der Waals surface area contributed by atoms with E-state index in [1.54, 1.807) is 101 Å². The fourth-order valence-electron chi connectivity index (χ4n) is 8.24. The number of aryl methyl sites for hydroxylation is 7. The Morgan fingerprint density at radius 3 is 1.41 bits per heavy atom. The number of aromatic nitrogens is 21. The number of anilines is 7. The van der Waals surface area contributed by atoms with Crippen LogP contribution < -0.4 is 48.7 Å². The number of aliphatic imine (C=N–C) groups is 3. The third-order valence-corrected chi connectivity index (χ3v) is 15.2. The first kappa shape index (κ1) is 97.2. The molecule has 0 radical (unpaired) electrons. The van der Waals surface area contributed by atoms with E-state index in [2.05, 4.69) is 197 Å². The van der Waals surface area contributed by atoms with E-state index in [1.165, 1.54) is 5.69 Å². The number of nitrogens with zero attached hydrogens (tertiary/aromatic N) is 30. The summed E-state index contributed by atoms with van der Waals surface area (Å²) in [4.78, 5) is 53.9. The van der Waals surface area contributed by atoms with E-state index in [0.29, 0.717) is 35.5 Å². The zero-order chi connectivity index (χ0) is 80.0. The van der Waals surface area contributed by atoms with Crippen LogP contribution in [0.3, 0.4) is 0 Å². The molecule has 0 aliphatic carbocycles. The molecule has 3 aliphatic heterocycles. The van der Waals surface area contributed by atoms with Gasteiger partial charge in [-0.1, -0.05) is 30.8 Å². The van der Waals surface area contributed by atoms with Gasteiger partial charge in [-0.3, -0.25) is 24.3 Å². The molecule has 0 saturated heterocycles. The number of imidazole rings is 3. The van der Waals surface area contributed by atoms with Gasteiger partial charge in [-0.15, -0.1) is 15.3 Å². The van der Waals surface area contributed by atoms with E-state index in [4.69, 9.17) is 28.7 Å². The Morgan fingerprint density at radius 2 is 1.06 bits per heavy atom. The van der Waals surface area contributed by atoms with Crippen molar-refractivity contribution in [3.8, 4) is 0 Å². The first-order valence-electron chi connectivity index (χ1n) is 36.9. The number of hydrogen-bond acceptors (Lipinski definition) is 29. The van der Waals surface area contributed by atoms with E-state index in [1.807, 2.05) is 133 Å². The molecule has 0 bridgehead atoms. The Morgan fingerprint density at radius 1 is 0.459 bits per heavy atom. The number of hydrogen-bond donors (Lipinski definition) is 6. The molecule has 13 rings (SSSR count). The van der Waals surface area contributed by atoms with Crippen molar-refractivity contribution >= 4 is 59.2 Å². The number of para-hydroxylation sites is 1. The minimum absolute atomic E-state index is 0. The maximum Gasteiger partial charge on any atom is 0.226 e. The van der Waals surface area contributed by atoms with Gasteiger partial charge in [-0.2, -0.15) is 30.1 Å². The minimum Gasteiger partial charge on any atom is -0.384 e. The van der Waals surface area contributed by atoms with Crippen LogP contribution in [-0.4, -0.2) is 243 Å². The fourth-order valence-corrected chi connectivity index (χ4v) is 8.24. The molecule has 1 aromatic carbocycles. The van der Waals surface area contributed by atoms with Gasteiger partial charge >= 0.3 is 0 Å². The smallest absolute Gasteiger partial charge is 0.226 e. The summed E-state index contributed by atoms with van der Waals surface area (Å²) in [6, 6.07) is 15.7. The zero-order valence-corrected chi connectivity index (χ0v) is 67.5. The van der Waals surface area contributed by atoms with Crippen LogP contribution >= 0.6 is 0 Å². The molecule has 0 unspecified atom stereocenters. The molecule has 0 fully saturated rings. The quantitative estimate of drug-likeness (QED) is 0.0503. The first-order valence-corrected chi connectivity index (χ1v) is 36.9. The number of benzene rings is 1. The van der Waals surface area contributed by atoms with Crippen LogP contribution in [0.15, 0.2) is 169 Å². The maximum absolute atomic E-state index is 5.57. The van der Waals surface area contributed by atoms with E-state index in [0.717, 1.165) is 143 Å². The van der Waals surface area contributed by atoms with Crippen LogP contribution in [0, 0.1) is 0 Å². The molecule has 0 amide bonds. The van der Waals surface area contributed by atoms with Gasteiger partial charge in [0, 0.05) is 201 Å².